The highest BCUT2D eigenvalue weighted by atomic mass is 32.1. The normalized spacial score (nSPS) is 11.3. The van der Waals surface area contributed by atoms with Gasteiger partial charge in [-0.05, 0) is 48.6 Å². The highest BCUT2D eigenvalue weighted by Gasteiger charge is 2.31. The molecule has 3 rings (SSSR count). The third-order valence-electron chi connectivity index (χ3n) is 3.33. The van der Waals surface area contributed by atoms with Crippen molar-refractivity contribution >= 4 is 23.0 Å². The molecule has 0 aliphatic rings. The molecule has 130 valence electrons. The Morgan fingerprint density at radius 3 is 2.72 bits per heavy atom. The number of nitrogens with one attached hydrogen (secondary N) is 2. The summed E-state index contributed by atoms with van der Waals surface area (Å²) in [5.41, 5.74) is -0.143. The predicted octanol–water partition coefficient (Wildman–Crippen LogP) is 3.97. The van der Waals surface area contributed by atoms with Crippen LogP contribution in [0.1, 0.15) is 11.3 Å². The molecular weight excluding hydrogens is 353 g/mol. The first-order chi connectivity index (χ1) is 11.9. The lowest BCUT2D eigenvalue weighted by molar-refractivity contribution is -0.137. The van der Waals surface area contributed by atoms with Crippen molar-refractivity contribution in [1.82, 2.24) is 15.1 Å². The van der Waals surface area contributed by atoms with Gasteiger partial charge in [-0.15, -0.1) is 0 Å². The SMILES string of the molecule is FC(F)(F)c1ccc(-n2cccn2)c(NC(=S)NCc2ccco2)c1. The van der Waals surface area contributed by atoms with Crippen LogP contribution >= 0.6 is 12.2 Å². The van der Waals surface area contributed by atoms with E-state index in [1.54, 1.807) is 24.4 Å². The van der Waals surface area contributed by atoms with Gasteiger partial charge in [0.25, 0.3) is 0 Å². The van der Waals surface area contributed by atoms with Gasteiger partial charge in [-0.2, -0.15) is 18.3 Å². The van der Waals surface area contributed by atoms with Crippen LogP contribution in [0, 0.1) is 0 Å². The van der Waals surface area contributed by atoms with Crippen LogP contribution in [0.2, 0.25) is 0 Å². The first-order valence-corrected chi connectivity index (χ1v) is 7.63. The number of anilines is 1. The van der Waals surface area contributed by atoms with E-state index in [-0.39, 0.29) is 10.8 Å². The van der Waals surface area contributed by atoms with E-state index >= 15 is 0 Å². The van der Waals surface area contributed by atoms with Crippen LogP contribution in [0.5, 0.6) is 0 Å². The van der Waals surface area contributed by atoms with Crippen LogP contribution in [-0.4, -0.2) is 14.9 Å². The van der Waals surface area contributed by atoms with Crippen LogP contribution in [0.4, 0.5) is 18.9 Å². The summed E-state index contributed by atoms with van der Waals surface area (Å²) in [5.74, 6) is 0.653. The van der Waals surface area contributed by atoms with Gasteiger partial charge in [-0.1, -0.05) is 0 Å². The maximum atomic E-state index is 13.0. The molecule has 2 N–H and O–H groups in total. The molecule has 0 unspecified atom stereocenters. The summed E-state index contributed by atoms with van der Waals surface area (Å²) < 4.78 is 45.6. The number of halogens is 3. The van der Waals surface area contributed by atoms with E-state index in [1.807, 2.05) is 0 Å². The molecule has 0 amide bonds. The van der Waals surface area contributed by atoms with Crippen molar-refractivity contribution in [2.24, 2.45) is 0 Å². The third-order valence-corrected chi connectivity index (χ3v) is 3.57. The number of hydrogen-bond donors (Lipinski definition) is 2. The number of alkyl halides is 3. The van der Waals surface area contributed by atoms with Gasteiger partial charge in [0.1, 0.15) is 5.76 Å². The largest absolute Gasteiger partial charge is 0.467 e. The maximum absolute atomic E-state index is 13.0. The Bertz CT molecular complexity index is 845. The molecule has 3 aromatic rings. The van der Waals surface area contributed by atoms with Crippen LogP contribution in [0.25, 0.3) is 5.69 Å². The molecule has 1 aromatic carbocycles. The summed E-state index contributed by atoms with van der Waals surface area (Å²) in [7, 11) is 0. The van der Waals surface area contributed by atoms with Crippen LogP contribution in [-0.2, 0) is 12.7 Å². The number of aromatic nitrogens is 2. The molecule has 0 fully saturated rings. The Balaban J connectivity index is 1.83. The number of furan rings is 1. The minimum atomic E-state index is -4.46. The number of nitrogens with zero attached hydrogens (tertiary/aromatic N) is 2. The van der Waals surface area contributed by atoms with Crippen molar-refractivity contribution in [3.05, 3.63) is 66.4 Å². The summed E-state index contributed by atoms with van der Waals surface area (Å²) in [5, 5.41) is 9.89. The highest BCUT2D eigenvalue weighted by molar-refractivity contribution is 7.80. The lowest BCUT2D eigenvalue weighted by atomic mass is 10.1. The van der Waals surface area contributed by atoms with Gasteiger partial charge in [0, 0.05) is 12.4 Å². The van der Waals surface area contributed by atoms with Gasteiger partial charge in [-0.3, -0.25) is 0 Å². The molecule has 0 saturated heterocycles. The summed E-state index contributed by atoms with van der Waals surface area (Å²) in [4.78, 5) is 0. The van der Waals surface area contributed by atoms with E-state index < -0.39 is 11.7 Å². The number of rotatable bonds is 4. The van der Waals surface area contributed by atoms with E-state index in [0.717, 1.165) is 12.1 Å². The van der Waals surface area contributed by atoms with Crippen molar-refractivity contribution in [2.45, 2.75) is 12.7 Å². The zero-order valence-corrected chi connectivity index (χ0v) is 13.6. The van der Waals surface area contributed by atoms with Gasteiger partial charge >= 0.3 is 6.18 Å². The second-order valence-corrected chi connectivity index (χ2v) is 5.48. The first-order valence-electron chi connectivity index (χ1n) is 7.22. The second-order valence-electron chi connectivity index (χ2n) is 5.07. The molecular formula is C16H13F3N4OS. The lowest BCUT2D eigenvalue weighted by Crippen LogP contribution is -2.28. The topological polar surface area (TPSA) is 55.0 Å². The molecule has 5 nitrogen and oxygen atoms in total. The standard InChI is InChI=1S/C16H13F3N4OS/c17-16(18,19)11-4-5-14(23-7-2-6-21-23)13(9-11)22-15(25)20-10-12-3-1-8-24-12/h1-9H,10H2,(H2,20,22,25). The van der Waals surface area contributed by atoms with Gasteiger partial charge in [0.2, 0.25) is 0 Å². The lowest BCUT2D eigenvalue weighted by Gasteiger charge is -2.16. The molecule has 25 heavy (non-hydrogen) atoms. The van der Waals surface area contributed by atoms with E-state index in [9.17, 15) is 13.2 Å². The zero-order valence-electron chi connectivity index (χ0n) is 12.7. The van der Waals surface area contributed by atoms with E-state index in [0.29, 0.717) is 18.0 Å². The monoisotopic (exact) mass is 366 g/mol. The molecule has 0 bridgehead atoms. The van der Waals surface area contributed by atoms with Crippen molar-refractivity contribution in [3.63, 3.8) is 0 Å². The van der Waals surface area contributed by atoms with E-state index in [2.05, 4.69) is 15.7 Å². The van der Waals surface area contributed by atoms with Crippen LogP contribution in [0.15, 0.2) is 59.5 Å². The number of hydrogen-bond acceptors (Lipinski definition) is 3. The Hall–Kier alpha value is -2.81. The minimum absolute atomic E-state index is 0.170. The Morgan fingerprint density at radius 2 is 2.08 bits per heavy atom. The van der Waals surface area contributed by atoms with Gasteiger partial charge < -0.3 is 15.1 Å². The predicted molar refractivity (Wildman–Crippen MR) is 90.3 cm³/mol. The fraction of sp³-hybridized carbons (Fsp3) is 0.125. The van der Waals surface area contributed by atoms with Gasteiger partial charge in [0.05, 0.1) is 29.7 Å². The maximum Gasteiger partial charge on any atom is 0.416 e. The average molecular weight is 366 g/mol. The molecule has 2 aromatic heterocycles. The van der Waals surface area contributed by atoms with Crippen molar-refractivity contribution in [3.8, 4) is 5.69 Å². The molecule has 9 heteroatoms. The fourth-order valence-corrected chi connectivity index (χ4v) is 2.35. The van der Waals surface area contributed by atoms with Crippen molar-refractivity contribution < 1.29 is 17.6 Å². The van der Waals surface area contributed by atoms with Gasteiger partial charge in [0.15, 0.2) is 5.11 Å². The minimum Gasteiger partial charge on any atom is -0.467 e. The van der Waals surface area contributed by atoms with E-state index in [1.165, 1.54) is 23.2 Å². The Morgan fingerprint density at radius 1 is 1.24 bits per heavy atom. The average Bonchev–Trinajstić information content (AvgIpc) is 3.26. The number of thiocarbonyl (C=S) groups is 1. The summed E-state index contributed by atoms with van der Waals surface area (Å²) in [6.07, 6.45) is 0.237. The molecule has 0 saturated carbocycles. The van der Waals surface area contributed by atoms with Crippen LogP contribution in [0.3, 0.4) is 0 Å². The Labute approximate surface area is 146 Å². The molecule has 0 aliphatic carbocycles. The zero-order chi connectivity index (χ0) is 17.9. The highest BCUT2D eigenvalue weighted by Crippen LogP contribution is 2.33. The van der Waals surface area contributed by atoms with Crippen molar-refractivity contribution in [2.75, 3.05) is 5.32 Å². The number of benzene rings is 1. The van der Waals surface area contributed by atoms with E-state index in [4.69, 9.17) is 16.6 Å². The quantitative estimate of drug-likeness (QED) is 0.685. The smallest absolute Gasteiger partial charge is 0.416 e. The summed E-state index contributed by atoms with van der Waals surface area (Å²) in [6, 6.07) is 8.51. The fourth-order valence-electron chi connectivity index (χ4n) is 2.17. The van der Waals surface area contributed by atoms with Crippen LogP contribution < -0.4 is 10.6 Å². The summed E-state index contributed by atoms with van der Waals surface area (Å²) >= 11 is 5.16. The molecule has 0 atom stereocenters. The van der Waals surface area contributed by atoms with Crippen molar-refractivity contribution in [1.29, 1.82) is 0 Å². The summed E-state index contributed by atoms with van der Waals surface area (Å²) in [6.45, 7) is 0.314. The third kappa shape index (κ3) is 4.18. The first kappa shape index (κ1) is 17.0. The molecule has 0 spiro atoms. The second kappa shape index (κ2) is 6.98. The van der Waals surface area contributed by atoms with Gasteiger partial charge in [-0.25, -0.2) is 4.68 Å². The molecule has 0 aliphatic heterocycles. The molecule has 2 heterocycles. The Kier molecular flexibility index (Phi) is 4.75. The molecule has 0 radical (unpaired) electrons.